The number of halogens is 2. The van der Waals surface area contributed by atoms with E-state index in [9.17, 15) is 8.76 Å². The first-order valence-electron chi connectivity index (χ1n) is 2.20. The molecule has 56 valence electrons. The highest BCUT2D eigenvalue weighted by Gasteiger charge is 1.99. The normalized spacial score (nSPS) is 17.2. The van der Waals surface area contributed by atoms with E-state index in [2.05, 4.69) is 5.32 Å². The van der Waals surface area contributed by atoms with Crippen LogP contribution < -0.4 is 5.32 Å². The van der Waals surface area contributed by atoms with Crippen LogP contribution in [-0.2, 0) is 11.1 Å². The Kier molecular flexibility index (Phi) is 5.83. The highest BCUT2D eigenvalue weighted by Crippen LogP contribution is 1.93. The van der Waals surface area contributed by atoms with Crippen molar-refractivity contribution >= 4 is 34.3 Å². The predicted octanol–water partition coefficient (Wildman–Crippen LogP) is 0.216. The first-order chi connectivity index (χ1) is 4.18. The third-order valence-corrected chi connectivity index (χ3v) is 1.85. The van der Waals surface area contributed by atoms with E-state index in [1.807, 2.05) is 0 Å². The van der Waals surface area contributed by atoms with Gasteiger partial charge in [-0.15, -0.1) is 11.6 Å². The molecule has 0 amide bonds. The molecule has 6 heteroatoms. The molecule has 3 nitrogen and oxygen atoms in total. The molecule has 0 spiro atoms. The van der Waals surface area contributed by atoms with E-state index in [1.54, 1.807) is 0 Å². The van der Waals surface area contributed by atoms with Crippen LogP contribution in [0.1, 0.15) is 0 Å². The van der Waals surface area contributed by atoms with Crippen LogP contribution in [0, 0.1) is 0 Å². The smallest absolute Gasteiger partial charge is 0.145 e. The summed E-state index contributed by atoms with van der Waals surface area (Å²) in [5.74, 6) is 0.348. The maximum atomic E-state index is 9.97. The summed E-state index contributed by atoms with van der Waals surface area (Å²) in [5.41, 5.74) is 0. The van der Waals surface area contributed by atoms with E-state index in [0.717, 1.165) is 0 Å². The summed E-state index contributed by atoms with van der Waals surface area (Å²) in [4.78, 5) is -1.02. The van der Waals surface area contributed by atoms with Gasteiger partial charge in [-0.05, 0) is 11.1 Å². The fourth-order valence-electron chi connectivity index (χ4n) is 0.236. The Hall–Kier alpha value is 0.650. The van der Waals surface area contributed by atoms with Gasteiger partial charge in [0.1, 0.15) is 4.83 Å². The SMILES string of the molecule is O=S([O-])C(Cl)NCCCl. The molecule has 2 unspecified atom stereocenters. The Morgan fingerprint density at radius 1 is 1.78 bits per heavy atom. The monoisotopic (exact) mass is 190 g/mol. The molecular formula is C3H6Cl2NO2S-. The van der Waals surface area contributed by atoms with Gasteiger partial charge in [-0.2, -0.15) is 0 Å². The molecule has 0 rings (SSSR count). The van der Waals surface area contributed by atoms with Crippen LogP contribution in [0.4, 0.5) is 0 Å². The van der Waals surface area contributed by atoms with Crippen molar-refractivity contribution in [2.75, 3.05) is 12.4 Å². The molecule has 0 bridgehead atoms. The zero-order valence-electron chi connectivity index (χ0n) is 4.47. The summed E-state index contributed by atoms with van der Waals surface area (Å²) in [6, 6.07) is 0. The van der Waals surface area contributed by atoms with Crippen molar-refractivity contribution in [3.63, 3.8) is 0 Å². The van der Waals surface area contributed by atoms with Crippen LogP contribution in [-0.4, -0.2) is 26.0 Å². The van der Waals surface area contributed by atoms with Gasteiger partial charge in [0.25, 0.3) is 0 Å². The average Bonchev–Trinajstić information content (AvgIpc) is 1.82. The Morgan fingerprint density at radius 2 is 2.33 bits per heavy atom. The lowest BCUT2D eigenvalue weighted by molar-refractivity contribution is 0.525. The van der Waals surface area contributed by atoms with E-state index in [0.29, 0.717) is 12.4 Å². The molecule has 0 aliphatic heterocycles. The molecule has 0 aromatic rings. The second kappa shape index (κ2) is 5.44. The van der Waals surface area contributed by atoms with E-state index in [4.69, 9.17) is 23.2 Å². The lowest BCUT2D eigenvalue weighted by Crippen LogP contribution is -2.29. The summed E-state index contributed by atoms with van der Waals surface area (Å²) in [5, 5.41) is 2.45. The summed E-state index contributed by atoms with van der Waals surface area (Å²) < 4.78 is 19.9. The number of hydrogen-bond donors (Lipinski definition) is 1. The molecule has 0 saturated carbocycles. The Labute approximate surface area is 66.0 Å². The van der Waals surface area contributed by atoms with Gasteiger partial charge in [0.2, 0.25) is 0 Å². The maximum Gasteiger partial charge on any atom is 0.145 e. The van der Waals surface area contributed by atoms with Crippen molar-refractivity contribution in [1.82, 2.24) is 5.32 Å². The number of hydrogen-bond acceptors (Lipinski definition) is 3. The van der Waals surface area contributed by atoms with Crippen molar-refractivity contribution in [3.05, 3.63) is 0 Å². The van der Waals surface area contributed by atoms with Crippen molar-refractivity contribution < 1.29 is 8.76 Å². The fourth-order valence-corrected chi connectivity index (χ4v) is 0.708. The van der Waals surface area contributed by atoms with E-state index in [-0.39, 0.29) is 0 Å². The summed E-state index contributed by atoms with van der Waals surface area (Å²) in [6.07, 6.45) is 0. The number of nitrogens with one attached hydrogen (secondary N) is 1. The molecule has 0 heterocycles. The van der Waals surface area contributed by atoms with Crippen LogP contribution in [0.15, 0.2) is 0 Å². The number of rotatable bonds is 4. The van der Waals surface area contributed by atoms with Gasteiger partial charge in [0.05, 0.1) is 0 Å². The predicted molar refractivity (Wildman–Crippen MR) is 37.3 cm³/mol. The molecule has 0 aliphatic carbocycles. The molecule has 9 heavy (non-hydrogen) atoms. The minimum Gasteiger partial charge on any atom is -0.770 e. The van der Waals surface area contributed by atoms with Gasteiger partial charge < -0.3 is 4.55 Å². The van der Waals surface area contributed by atoms with E-state index in [1.165, 1.54) is 0 Å². The standard InChI is InChI=1S/C3H7Cl2NO2S/c4-1-2-6-3(5)9(7)8/h3,6H,1-2H2,(H,7,8)/p-1. The highest BCUT2D eigenvalue weighted by molar-refractivity contribution is 7.81. The van der Waals surface area contributed by atoms with E-state index >= 15 is 0 Å². The fraction of sp³-hybridized carbons (Fsp3) is 1.00. The van der Waals surface area contributed by atoms with Gasteiger partial charge in [-0.25, -0.2) is 0 Å². The molecule has 0 fully saturated rings. The molecule has 0 radical (unpaired) electrons. The Bertz CT molecular complexity index is 102. The zero-order valence-corrected chi connectivity index (χ0v) is 6.80. The van der Waals surface area contributed by atoms with Crippen molar-refractivity contribution in [3.8, 4) is 0 Å². The van der Waals surface area contributed by atoms with Crippen LogP contribution in [0.3, 0.4) is 0 Å². The second-order valence-corrected chi connectivity index (χ2v) is 3.29. The van der Waals surface area contributed by atoms with Crippen molar-refractivity contribution in [2.45, 2.75) is 4.83 Å². The van der Waals surface area contributed by atoms with Crippen LogP contribution in [0.25, 0.3) is 0 Å². The lowest BCUT2D eigenvalue weighted by atomic mass is 10.8. The summed E-state index contributed by atoms with van der Waals surface area (Å²) in [6.45, 7) is 0.393. The van der Waals surface area contributed by atoms with Crippen LogP contribution in [0.2, 0.25) is 0 Å². The van der Waals surface area contributed by atoms with Gasteiger partial charge in [-0.1, -0.05) is 11.6 Å². The van der Waals surface area contributed by atoms with Gasteiger partial charge in [0, 0.05) is 12.4 Å². The summed E-state index contributed by atoms with van der Waals surface area (Å²) in [7, 11) is 0. The van der Waals surface area contributed by atoms with Gasteiger partial charge in [0.15, 0.2) is 0 Å². The second-order valence-electron chi connectivity index (χ2n) is 1.22. The van der Waals surface area contributed by atoms with Crippen molar-refractivity contribution in [2.24, 2.45) is 0 Å². The molecule has 0 aliphatic rings. The molecule has 0 saturated heterocycles. The minimum absolute atomic E-state index is 0.348. The lowest BCUT2D eigenvalue weighted by Gasteiger charge is -2.12. The van der Waals surface area contributed by atoms with Crippen LogP contribution in [0.5, 0.6) is 0 Å². The maximum absolute atomic E-state index is 9.97. The van der Waals surface area contributed by atoms with Gasteiger partial charge in [-0.3, -0.25) is 9.53 Å². The molecule has 1 N–H and O–H groups in total. The quantitative estimate of drug-likeness (QED) is 0.392. The molecule has 0 aromatic heterocycles. The molecule has 2 atom stereocenters. The van der Waals surface area contributed by atoms with Crippen molar-refractivity contribution in [1.29, 1.82) is 0 Å². The van der Waals surface area contributed by atoms with Gasteiger partial charge >= 0.3 is 0 Å². The molecule has 0 aromatic carbocycles. The third-order valence-electron chi connectivity index (χ3n) is 0.568. The number of alkyl halides is 2. The largest absolute Gasteiger partial charge is 0.770 e. The molecular weight excluding hydrogens is 185 g/mol. The zero-order chi connectivity index (χ0) is 7.28. The minimum atomic E-state index is -2.27. The first-order valence-corrected chi connectivity index (χ1v) is 4.31. The Morgan fingerprint density at radius 3 is 2.67 bits per heavy atom. The Balaban J connectivity index is 3.27. The highest BCUT2D eigenvalue weighted by atomic mass is 35.5. The van der Waals surface area contributed by atoms with E-state index < -0.39 is 15.9 Å². The first kappa shape index (κ1) is 9.65. The summed E-state index contributed by atoms with van der Waals surface area (Å²) >= 11 is 8.17. The third kappa shape index (κ3) is 5.11. The van der Waals surface area contributed by atoms with Crippen LogP contribution >= 0.6 is 23.2 Å². The topological polar surface area (TPSA) is 52.2 Å². The average molecular weight is 191 g/mol.